The van der Waals surface area contributed by atoms with Crippen LogP contribution in [0.4, 0.5) is 24.7 Å². The third-order valence-electron chi connectivity index (χ3n) is 6.04. The predicted molar refractivity (Wildman–Crippen MR) is 128 cm³/mol. The number of para-hydroxylation sites is 2. The molecule has 1 aliphatic heterocycles. The molecule has 0 atom stereocenters. The summed E-state index contributed by atoms with van der Waals surface area (Å²) in [6, 6.07) is 25.2. The van der Waals surface area contributed by atoms with Gasteiger partial charge in [-0.15, -0.1) is 0 Å². The van der Waals surface area contributed by atoms with Gasteiger partial charge in [0, 0.05) is 37.3 Å². The van der Waals surface area contributed by atoms with E-state index in [1.807, 2.05) is 42.5 Å². The Kier molecular flexibility index (Phi) is 6.01. The van der Waals surface area contributed by atoms with Gasteiger partial charge < -0.3 is 14.5 Å². The molecular formula is C27H24F3N3O. The van der Waals surface area contributed by atoms with Crippen molar-refractivity contribution in [3.05, 3.63) is 96.1 Å². The monoisotopic (exact) mass is 463 g/mol. The third kappa shape index (κ3) is 4.78. The minimum atomic E-state index is -4.38. The van der Waals surface area contributed by atoms with Gasteiger partial charge in [0.15, 0.2) is 0 Å². The molecule has 174 valence electrons. The molecular weight excluding hydrogens is 439 g/mol. The van der Waals surface area contributed by atoms with E-state index in [9.17, 15) is 13.2 Å². The van der Waals surface area contributed by atoms with Crippen molar-refractivity contribution in [3.63, 3.8) is 0 Å². The number of pyridine rings is 1. The van der Waals surface area contributed by atoms with Crippen LogP contribution in [0.5, 0.6) is 5.75 Å². The van der Waals surface area contributed by atoms with Crippen molar-refractivity contribution in [1.82, 2.24) is 4.98 Å². The Morgan fingerprint density at radius 2 is 1.50 bits per heavy atom. The average molecular weight is 464 g/mol. The number of hydrogen-bond donors (Lipinski definition) is 0. The lowest BCUT2D eigenvalue weighted by atomic mass is 10.1. The van der Waals surface area contributed by atoms with Crippen LogP contribution < -0.4 is 14.5 Å². The molecule has 4 aromatic rings. The Hall–Kier alpha value is -3.74. The van der Waals surface area contributed by atoms with Gasteiger partial charge in [0.05, 0.1) is 5.56 Å². The number of nitrogens with zero attached hydrogens (tertiary/aromatic N) is 3. The minimum absolute atomic E-state index is 0.0324. The molecule has 1 saturated heterocycles. The van der Waals surface area contributed by atoms with Crippen LogP contribution in [-0.2, 0) is 12.8 Å². The van der Waals surface area contributed by atoms with E-state index in [4.69, 9.17) is 9.72 Å². The highest BCUT2D eigenvalue weighted by atomic mass is 19.4. The summed E-state index contributed by atoms with van der Waals surface area (Å²) >= 11 is 0. The van der Waals surface area contributed by atoms with Gasteiger partial charge in [-0.2, -0.15) is 13.2 Å². The number of anilines is 2. The van der Waals surface area contributed by atoms with E-state index in [-0.39, 0.29) is 6.61 Å². The van der Waals surface area contributed by atoms with Gasteiger partial charge in [0.1, 0.15) is 23.7 Å². The lowest BCUT2D eigenvalue weighted by molar-refractivity contribution is -0.137. The van der Waals surface area contributed by atoms with Crippen molar-refractivity contribution in [2.45, 2.75) is 12.8 Å². The summed E-state index contributed by atoms with van der Waals surface area (Å²) in [5.74, 6) is 1.43. The normalized spacial score (nSPS) is 14.4. The number of ether oxygens (including phenoxy) is 1. The van der Waals surface area contributed by atoms with Crippen LogP contribution in [0.3, 0.4) is 0 Å². The van der Waals surface area contributed by atoms with Crippen molar-refractivity contribution in [2.24, 2.45) is 0 Å². The second-order valence-corrected chi connectivity index (χ2v) is 8.29. The number of halogens is 3. The Balaban J connectivity index is 1.32. The molecule has 5 rings (SSSR count). The van der Waals surface area contributed by atoms with Crippen molar-refractivity contribution in [2.75, 3.05) is 36.0 Å². The highest BCUT2D eigenvalue weighted by Crippen LogP contribution is 2.31. The summed E-state index contributed by atoms with van der Waals surface area (Å²) in [5.41, 5.74) is 1.71. The van der Waals surface area contributed by atoms with Crippen LogP contribution in [0.2, 0.25) is 0 Å². The van der Waals surface area contributed by atoms with Gasteiger partial charge in [-0.1, -0.05) is 42.5 Å². The predicted octanol–water partition coefficient (Wildman–Crippen LogP) is 6.16. The summed E-state index contributed by atoms with van der Waals surface area (Å²) in [5, 5.41) is 0.924. The maximum Gasteiger partial charge on any atom is 0.416 e. The van der Waals surface area contributed by atoms with E-state index in [0.29, 0.717) is 16.8 Å². The molecule has 2 heterocycles. The second-order valence-electron chi connectivity index (χ2n) is 8.29. The quantitative estimate of drug-likeness (QED) is 0.355. The molecule has 0 N–H and O–H groups in total. The molecule has 0 aliphatic carbocycles. The van der Waals surface area contributed by atoms with Gasteiger partial charge in [-0.3, -0.25) is 0 Å². The molecule has 34 heavy (non-hydrogen) atoms. The summed E-state index contributed by atoms with van der Waals surface area (Å²) in [4.78, 5) is 9.48. The number of piperazine rings is 1. The molecule has 0 unspecified atom stereocenters. The van der Waals surface area contributed by atoms with Crippen LogP contribution in [0.15, 0.2) is 84.9 Å². The van der Waals surface area contributed by atoms with E-state index < -0.39 is 11.7 Å². The van der Waals surface area contributed by atoms with Gasteiger partial charge in [-0.05, 0) is 48.0 Å². The summed E-state index contributed by atoms with van der Waals surface area (Å²) in [6.45, 7) is 3.53. The highest BCUT2D eigenvalue weighted by Gasteiger charge is 2.30. The van der Waals surface area contributed by atoms with E-state index in [2.05, 4.69) is 21.9 Å². The minimum Gasteiger partial charge on any atom is -0.487 e. The van der Waals surface area contributed by atoms with Gasteiger partial charge in [-0.25, -0.2) is 4.98 Å². The fourth-order valence-corrected chi connectivity index (χ4v) is 4.23. The molecule has 7 heteroatoms. The van der Waals surface area contributed by atoms with Crippen LogP contribution in [-0.4, -0.2) is 31.2 Å². The summed E-state index contributed by atoms with van der Waals surface area (Å²) in [7, 11) is 0. The molecule has 3 aromatic carbocycles. The van der Waals surface area contributed by atoms with Crippen LogP contribution in [0.1, 0.15) is 11.1 Å². The Bertz CT molecular complexity index is 1270. The van der Waals surface area contributed by atoms with Crippen molar-refractivity contribution >= 4 is 22.4 Å². The zero-order chi connectivity index (χ0) is 23.5. The largest absolute Gasteiger partial charge is 0.487 e. The van der Waals surface area contributed by atoms with Crippen molar-refractivity contribution in [1.29, 1.82) is 0 Å². The fraction of sp³-hybridized carbons (Fsp3) is 0.222. The number of aromatic nitrogens is 1. The van der Waals surface area contributed by atoms with Crippen molar-refractivity contribution in [3.8, 4) is 5.75 Å². The maximum atomic E-state index is 13.0. The van der Waals surface area contributed by atoms with E-state index >= 15 is 0 Å². The fourth-order valence-electron chi connectivity index (χ4n) is 4.23. The Morgan fingerprint density at radius 3 is 2.26 bits per heavy atom. The molecule has 0 spiro atoms. The molecule has 1 aliphatic rings. The molecule has 0 saturated carbocycles. The number of alkyl halides is 3. The topological polar surface area (TPSA) is 28.6 Å². The lowest BCUT2D eigenvalue weighted by Crippen LogP contribution is -2.46. The summed E-state index contributed by atoms with van der Waals surface area (Å²) < 4.78 is 45.0. The molecule has 1 aromatic heterocycles. The number of hydrogen-bond acceptors (Lipinski definition) is 4. The Labute approximate surface area is 196 Å². The zero-order valence-corrected chi connectivity index (χ0v) is 18.5. The molecule has 4 nitrogen and oxygen atoms in total. The smallest absolute Gasteiger partial charge is 0.416 e. The molecule has 1 fully saturated rings. The van der Waals surface area contributed by atoms with Gasteiger partial charge in [0.25, 0.3) is 0 Å². The highest BCUT2D eigenvalue weighted by molar-refractivity contribution is 5.86. The lowest BCUT2D eigenvalue weighted by Gasteiger charge is -2.36. The first kappa shape index (κ1) is 22.1. The van der Waals surface area contributed by atoms with Crippen LogP contribution in [0.25, 0.3) is 10.9 Å². The summed E-state index contributed by atoms with van der Waals surface area (Å²) in [6.07, 6.45) is -4.38. The zero-order valence-electron chi connectivity index (χ0n) is 18.5. The first-order valence-corrected chi connectivity index (χ1v) is 11.2. The van der Waals surface area contributed by atoms with E-state index in [1.165, 1.54) is 11.8 Å². The number of fused-ring (bicyclic) bond motifs is 1. The van der Waals surface area contributed by atoms with Crippen LogP contribution in [0, 0.1) is 0 Å². The molecule has 0 radical (unpaired) electrons. The maximum absolute atomic E-state index is 13.0. The van der Waals surface area contributed by atoms with Crippen LogP contribution >= 0.6 is 0 Å². The first-order valence-electron chi connectivity index (χ1n) is 11.2. The third-order valence-corrected chi connectivity index (χ3v) is 6.04. The van der Waals surface area contributed by atoms with E-state index in [1.54, 1.807) is 12.1 Å². The number of benzene rings is 3. The van der Waals surface area contributed by atoms with Gasteiger partial charge >= 0.3 is 6.18 Å². The molecule has 0 bridgehead atoms. The standard InChI is InChI=1S/C27H24F3N3O/c28-27(29,30)22-8-4-6-20(18-22)19-34-24-11-5-7-21-12-13-25(31-26(21)24)33-16-14-32(15-17-33)23-9-2-1-3-10-23/h1-13,18H,14-17,19H2. The average Bonchev–Trinajstić information content (AvgIpc) is 2.87. The second kappa shape index (κ2) is 9.25. The van der Waals surface area contributed by atoms with E-state index in [0.717, 1.165) is 49.5 Å². The number of rotatable bonds is 5. The Morgan fingerprint density at radius 1 is 0.765 bits per heavy atom. The molecule has 0 amide bonds. The van der Waals surface area contributed by atoms with Crippen molar-refractivity contribution < 1.29 is 17.9 Å². The first-order chi connectivity index (χ1) is 16.5. The van der Waals surface area contributed by atoms with Gasteiger partial charge in [0.2, 0.25) is 0 Å². The SMILES string of the molecule is FC(F)(F)c1cccc(COc2cccc3ccc(N4CCN(c5ccccc5)CC4)nc23)c1.